The number of anilines is 1. The van der Waals surface area contributed by atoms with Gasteiger partial charge in [0.2, 0.25) is 15.9 Å². The lowest BCUT2D eigenvalue weighted by molar-refractivity contribution is -0.117. The lowest BCUT2D eigenvalue weighted by Crippen LogP contribution is -2.27. The number of H-pyrrole nitrogens is 1. The second-order valence-corrected chi connectivity index (χ2v) is 7.11. The van der Waals surface area contributed by atoms with E-state index in [4.69, 9.17) is 5.14 Å². The molecule has 21 heavy (non-hydrogen) atoms. The van der Waals surface area contributed by atoms with Crippen LogP contribution in [0.25, 0.3) is 10.9 Å². The molecule has 0 radical (unpaired) electrons. The number of nitrogens with one attached hydrogen (secondary N) is 1. The number of nitrogens with two attached hydrogens (primary N) is 1. The Morgan fingerprint density at radius 2 is 2.24 bits per heavy atom. The normalized spacial score (nSPS) is 19.6. The minimum Gasteiger partial charge on any atom is -0.312 e. The van der Waals surface area contributed by atoms with Crippen LogP contribution >= 0.6 is 0 Å². The number of nitrogens with zero attached hydrogens (tertiary/aromatic N) is 2. The van der Waals surface area contributed by atoms with Crippen LogP contribution in [0.2, 0.25) is 0 Å². The summed E-state index contributed by atoms with van der Waals surface area (Å²) in [6.45, 7) is 2.28. The lowest BCUT2D eigenvalue weighted by atomic mass is 10.1. The predicted molar refractivity (Wildman–Crippen MR) is 79.3 cm³/mol. The van der Waals surface area contributed by atoms with E-state index in [9.17, 15) is 13.2 Å². The number of primary sulfonamides is 1. The van der Waals surface area contributed by atoms with Crippen LogP contribution in [0.4, 0.5) is 5.69 Å². The van der Waals surface area contributed by atoms with Gasteiger partial charge in [-0.1, -0.05) is 0 Å². The first kappa shape index (κ1) is 14.0. The van der Waals surface area contributed by atoms with Crippen molar-refractivity contribution in [1.82, 2.24) is 10.2 Å². The van der Waals surface area contributed by atoms with Crippen LogP contribution in [0, 0.1) is 12.8 Å². The number of rotatable bonds is 3. The van der Waals surface area contributed by atoms with Crippen molar-refractivity contribution in [3.63, 3.8) is 0 Å². The van der Waals surface area contributed by atoms with Crippen molar-refractivity contribution < 1.29 is 13.2 Å². The Hall–Kier alpha value is -1.93. The van der Waals surface area contributed by atoms with Gasteiger partial charge in [0.05, 0.1) is 11.3 Å². The van der Waals surface area contributed by atoms with Crippen LogP contribution in [0.1, 0.15) is 12.1 Å². The topological polar surface area (TPSA) is 109 Å². The molecule has 1 aliphatic rings. The number of sulfonamides is 1. The summed E-state index contributed by atoms with van der Waals surface area (Å²) in [6.07, 6.45) is 0.207. The standard InChI is InChI=1S/C13H16N4O3S/c1-8-11-5-10(2-3-12(11)16-15-8)17-6-9(4-13(17)18)7-21(14,19)20/h2-3,5,9H,4,6-7H2,1H3,(H,15,16)(H2,14,19,20). The highest BCUT2D eigenvalue weighted by molar-refractivity contribution is 7.89. The average Bonchev–Trinajstić information content (AvgIpc) is 2.91. The molecule has 1 saturated heterocycles. The molecule has 7 nitrogen and oxygen atoms in total. The number of fused-ring (bicyclic) bond motifs is 1. The zero-order chi connectivity index (χ0) is 15.2. The molecule has 0 saturated carbocycles. The quantitative estimate of drug-likeness (QED) is 0.861. The minimum absolute atomic E-state index is 0.0795. The van der Waals surface area contributed by atoms with Crippen LogP contribution in [0.3, 0.4) is 0 Å². The molecule has 0 aliphatic carbocycles. The molecular formula is C13H16N4O3S. The van der Waals surface area contributed by atoms with E-state index in [1.165, 1.54) is 0 Å². The van der Waals surface area contributed by atoms with Gasteiger partial charge in [0.1, 0.15) is 0 Å². The Morgan fingerprint density at radius 3 is 2.95 bits per heavy atom. The highest BCUT2D eigenvalue weighted by atomic mass is 32.2. The first-order chi connectivity index (χ1) is 9.83. The maximum atomic E-state index is 12.1. The van der Waals surface area contributed by atoms with Gasteiger partial charge in [-0.05, 0) is 25.1 Å². The second kappa shape index (κ2) is 4.81. The van der Waals surface area contributed by atoms with E-state index in [1.54, 1.807) is 4.90 Å². The largest absolute Gasteiger partial charge is 0.312 e. The first-order valence-electron chi connectivity index (χ1n) is 6.59. The van der Waals surface area contributed by atoms with Gasteiger partial charge in [-0.25, -0.2) is 13.6 Å². The molecule has 0 bridgehead atoms. The minimum atomic E-state index is -3.56. The van der Waals surface area contributed by atoms with E-state index in [0.29, 0.717) is 6.54 Å². The number of aromatic amines is 1. The van der Waals surface area contributed by atoms with Crippen molar-refractivity contribution >= 4 is 32.5 Å². The van der Waals surface area contributed by atoms with E-state index in [-0.39, 0.29) is 24.0 Å². The third kappa shape index (κ3) is 2.77. The highest BCUT2D eigenvalue weighted by Gasteiger charge is 2.32. The summed E-state index contributed by atoms with van der Waals surface area (Å²) in [6, 6.07) is 5.56. The molecule has 1 aromatic heterocycles. The molecule has 1 amide bonds. The van der Waals surface area contributed by atoms with Gasteiger partial charge < -0.3 is 4.90 Å². The fourth-order valence-corrected chi connectivity index (χ4v) is 3.65. The zero-order valence-electron chi connectivity index (χ0n) is 11.5. The molecule has 112 valence electrons. The molecule has 1 fully saturated rings. The van der Waals surface area contributed by atoms with Crippen LogP contribution in [-0.2, 0) is 14.8 Å². The molecule has 1 aromatic carbocycles. The molecule has 3 rings (SSSR count). The molecule has 3 N–H and O–H groups in total. The summed E-state index contributed by atoms with van der Waals surface area (Å²) in [5.74, 6) is -0.500. The first-order valence-corrected chi connectivity index (χ1v) is 8.30. The molecule has 1 aliphatic heterocycles. The number of hydrogen-bond donors (Lipinski definition) is 2. The van der Waals surface area contributed by atoms with Gasteiger partial charge in [-0.2, -0.15) is 5.10 Å². The van der Waals surface area contributed by atoms with Gasteiger partial charge in [0.25, 0.3) is 0 Å². The Bertz CT molecular complexity index is 812. The summed E-state index contributed by atoms with van der Waals surface area (Å²) in [5.41, 5.74) is 2.53. The Kier molecular flexibility index (Phi) is 3.22. The third-order valence-corrected chi connectivity index (χ3v) is 4.65. The fraction of sp³-hybridized carbons (Fsp3) is 0.385. The van der Waals surface area contributed by atoms with Gasteiger partial charge in [-0.3, -0.25) is 9.89 Å². The van der Waals surface area contributed by atoms with Crippen molar-refractivity contribution in [3.05, 3.63) is 23.9 Å². The monoisotopic (exact) mass is 308 g/mol. The van der Waals surface area contributed by atoms with Gasteiger partial charge in [0.15, 0.2) is 0 Å². The SMILES string of the molecule is Cc1[nH]nc2ccc(N3CC(CS(N)(=O)=O)CC3=O)cc12. The Morgan fingerprint density at radius 1 is 1.48 bits per heavy atom. The van der Waals surface area contributed by atoms with Gasteiger partial charge in [0, 0.05) is 35.7 Å². The molecular weight excluding hydrogens is 292 g/mol. The molecule has 2 aromatic rings. The highest BCUT2D eigenvalue weighted by Crippen LogP contribution is 2.28. The van der Waals surface area contributed by atoms with Crippen LogP contribution in [0.5, 0.6) is 0 Å². The molecule has 0 spiro atoms. The van der Waals surface area contributed by atoms with E-state index >= 15 is 0 Å². The van der Waals surface area contributed by atoms with E-state index in [0.717, 1.165) is 22.3 Å². The smallest absolute Gasteiger partial charge is 0.227 e. The van der Waals surface area contributed by atoms with Crippen molar-refractivity contribution in [2.75, 3.05) is 17.2 Å². The lowest BCUT2D eigenvalue weighted by Gasteiger charge is -2.16. The van der Waals surface area contributed by atoms with E-state index in [2.05, 4.69) is 10.2 Å². The van der Waals surface area contributed by atoms with E-state index in [1.807, 2.05) is 25.1 Å². The van der Waals surface area contributed by atoms with Crippen molar-refractivity contribution in [1.29, 1.82) is 0 Å². The molecule has 1 atom stereocenters. The second-order valence-electron chi connectivity index (χ2n) is 5.45. The van der Waals surface area contributed by atoms with Crippen LogP contribution in [-0.4, -0.2) is 36.8 Å². The predicted octanol–water partition coefficient (Wildman–Crippen LogP) is 0.513. The Balaban J connectivity index is 1.88. The number of aryl methyl sites for hydroxylation is 1. The van der Waals surface area contributed by atoms with Crippen LogP contribution < -0.4 is 10.0 Å². The maximum absolute atomic E-state index is 12.1. The summed E-state index contributed by atoms with van der Waals surface area (Å²) in [5, 5.41) is 13.0. The molecule has 8 heteroatoms. The third-order valence-electron chi connectivity index (χ3n) is 3.71. The summed E-state index contributed by atoms with van der Waals surface area (Å²) >= 11 is 0. The number of amides is 1. The Labute approximate surface area is 122 Å². The fourth-order valence-electron chi connectivity index (χ4n) is 2.77. The van der Waals surface area contributed by atoms with E-state index < -0.39 is 10.0 Å². The summed E-state index contributed by atoms with van der Waals surface area (Å²) in [7, 11) is -3.56. The van der Waals surface area contributed by atoms with Crippen molar-refractivity contribution in [3.8, 4) is 0 Å². The summed E-state index contributed by atoms with van der Waals surface area (Å²) < 4.78 is 22.3. The zero-order valence-corrected chi connectivity index (χ0v) is 12.4. The van der Waals surface area contributed by atoms with Gasteiger partial charge in [-0.15, -0.1) is 0 Å². The van der Waals surface area contributed by atoms with Crippen molar-refractivity contribution in [2.24, 2.45) is 11.1 Å². The molecule has 1 unspecified atom stereocenters. The maximum Gasteiger partial charge on any atom is 0.227 e. The number of aromatic nitrogens is 2. The number of carbonyl (C=O) groups excluding carboxylic acids is 1. The van der Waals surface area contributed by atoms with Gasteiger partial charge >= 0.3 is 0 Å². The number of carbonyl (C=O) groups is 1. The van der Waals surface area contributed by atoms with Crippen LogP contribution in [0.15, 0.2) is 18.2 Å². The molecule has 2 heterocycles. The number of hydrogen-bond acceptors (Lipinski definition) is 4. The van der Waals surface area contributed by atoms with Crippen molar-refractivity contribution in [2.45, 2.75) is 13.3 Å². The number of benzene rings is 1. The summed E-state index contributed by atoms with van der Waals surface area (Å²) in [4.78, 5) is 13.7. The average molecular weight is 308 g/mol.